The van der Waals surface area contributed by atoms with E-state index in [1.165, 1.54) is 6.07 Å². The third kappa shape index (κ3) is 2.14. The second kappa shape index (κ2) is 4.48. The number of aromatic nitrogens is 1. The number of nitrogens with zero attached hydrogens (tertiary/aromatic N) is 3. The summed E-state index contributed by atoms with van der Waals surface area (Å²) in [5.74, 6) is 0.288. The van der Waals surface area contributed by atoms with Gasteiger partial charge in [-0.3, -0.25) is 0 Å². The van der Waals surface area contributed by atoms with Gasteiger partial charge in [0.1, 0.15) is 0 Å². The number of hydrogen-bond acceptors (Lipinski definition) is 5. The predicted octanol–water partition coefficient (Wildman–Crippen LogP) is -0.611. The number of pyridine rings is 1. The van der Waals surface area contributed by atoms with Crippen molar-refractivity contribution in [1.82, 2.24) is 4.98 Å². The van der Waals surface area contributed by atoms with E-state index in [4.69, 9.17) is 22.0 Å². The Hall–Kier alpha value is -1.75. The molecular weight excluding hydrogens is 245 g/mol. The van der Waals surface area contributed by atoms with Crippen LogP contribution in [0.5, 0.6) is 0 Å². The Kier molecular flexibility index (Phi) is 3.30. The monoisotopic (exact) mass is 253 g/mol. The molecule has 0 aliphatic carbocycles. The van der Waals surface area contributed by atoms with Gasteiger partial charge < -0.3 is 0 Å². The van der Waals surface area contributed by atoms with Crippen LogP contribution in [0, 0.1) is 22.7 Å². The van der Waals surface area contributed by atoms with Crippen LogP contribution < -0.4 is 16.1 Å². The third-order valence-corrected chi connectivity index (χ3v) is 3.19. The molecule has 0 spiro atoms. The number of nitrogen functional groups attached to an aromatic ring is 2. The fourth-order valence-electron chi connectivity index (χ4n) is 0.878. The van der Waals surface area contributed by atoms with Crippen LogP contribution in [-0.4, -0.2) is 19.9 Å². The van der Waals surface area contributed by atoms with Gasteiger partial charge in [0.05, 0.1) is 0 Å². The van der Waals surface area contributed by atoms with E-state index in [1.54, 1.807) is 0 Å². The molecule has 6 heteroatoms. The zero-order valence-corrected chi connectivity index (χ0v) is 8.90. The quantitative estimate of drug-likeness (QED) is 0.681. The van der Waals surface area contributed by atoms with Crippen LogP contribution in [-0.2, 0) is 0 Å². The third-order valence-electron chi connectivity index (χ3n) is 1.42. The standard InChI is InChI=1S/C8H7N5Se/c9-1-2-14-8-5(4-10)6(11)3-7(12)13-8/h3H,2H2,(H4,11,12,13). The van der Waals surface area contributed by atoms with Gasteiger partial charge in [-0.25, -0.2) is 0 Å². The van der Waals surface area contributed by atoms with E-state index in [9.17, 15) is 0 Å². The fourth-order valence-corrected chi connectivity index (χ4v) is 2.30. The van der Waals surface area contributed by atoms with Gasteiger partial charge in [0.25, 0.3) is 0 Å². The van der Waals surface area contributed by atoms with E-state index < -0.39 is 0 Å². The summed E-state index contributed by atoms with van der Waals surface area (Å²) in [5, 5.41) is 17.6. The summed E-state index contributed by atoms with van der Waals surface area (Å²) < 4.78 is 0.555. The van der Waals surface area contributed by atoms with Gasteiger partial charge in [-0.1, -0.05) is 0 Å². The molecule has 0 aliphatic heterocycles. The van der Waals surface area contributed by atoms with Gasteiger partial charge in [-0.2, -0.15) is 0 Å². The number of anilines is 2. The van der Waals surface area contributed by atoms with E-state index in [1.807, 2.05) is 12.1 Å². The maximum absolute atomic E-state index is 8.81. The van der Waals surface area contributed by atoms with Gasteiger partial charge in [-0.05, 0) is 0 Å². The zero-order valence-electron chi connectivity index (χ0n) is 7.19. The average molecular weight is 252 g/mol. The fraction of sp³-hybridized carbons (Fsp3) is 0.125. The zero-order chi connectivity index (χ0) is 10.6. The number of nitriles is 2. The molecule has 1 rings (SSSR count). The molecule has 1 heterocycles. The van der Waals surface area contributed by atoms with Crippen molar-refractivity contribution in [2.24, 2.45) is 0 Å². The Morgan fingerprint density at radius 2 is 2.14 bits per heavy atom. The minimum absolute atomic E-state index is 0.163. The molecule has 4 N–H and O–H groups in total. The van der Waals surface area contributed by atoms with E-state index >= 15 is 0 Å². The molecule has 0 aliphatic rings. The van der Waals surface area contributed by atoms with Crippen LogP contribution in [0.2, 0.25) is 5.32 Å². The Morgan fingerprint density at radius 1 is 1.43 bits per heavy atom. The van der Waals surface area contributed by atoms with E-state index in [0.717, 1.165) is 0 Å². The van der Waals surface area contributed by atoms with Crippen molar-refractivity contribution in [1.29, 1.82) is 10.5 Å². The molecule has 1 aromatic heterocycles. The van der Waals surface area contributed by atoms with Gasteiger partial charge in [-0.15, -0.1) is 0 Å². The average Bonchev–Trinajstić information content (AvgIpc) is 2.14. The van der Waals surface area contributed by atoms with Crippen LogP contribution >= 0.6 is 0 Å². The first-order chi connectivity index (χ1) is 6.69. The molecule has 0 saturated carbocycles. The van der Waals surface area contributed by atoms with Crippen molar-refractivity contribution >= 4 is 31.1 Å². The summed E-state index contributed by atoms with van der Waals surface area (Å²) in [6.07, 6.45) is 0. The molecule has 14 heavy (non-hydrogen) atoms. The van der Waals surface area contributed by atoms with Gasteiger partial charge in [0.15, 0.2) is 0 Å². The molecular formula is C8H7N5Se. The SMILES string of the molecule is N#CC[Se]c1nc(N)cc(N)c1C#N. The predicted molar refractivity (Wildman–Crippen MR) is 53.6 cm³/mol. The van der Waals surface area contributed by atoms with Gasteiger partial charge in [0, 0.05) is 0 Å². The van der Waals surface area contributed by atoms with Crippen molar-refractivity contribution in [2.75, 3.05) is 11.5 Å². The summed E-state index contributed by atoms with van der Waals surface area (Å²) in [6.45, 7) is 0. The van der Waals surface area contributed by atoms with Crippen molar-refractivity contribution in [2.45, 2.75) is 5.32 Å². The molecule has 0 fully saturated rings. The number of nitrogens with two attached hydrogens (primary N) is 2. The molecule has 0 saturated heterocycles. The van der Waals surface area contributed by atoms with Crippen molar-refractivity contribution in [3.05, 3.63) is 11.6 Å². The topological polar surface area (TPSA) is 113 Å². The molecule has 0 radical (unpaired) electrons. The Morgan fingerprint density at radius 3 is 2.71 bits per heavy atom. The molecule has 0 unspecified atom stereocenters. The van der Waals surface area contributed by atoms with Crippen molar-refractivity contribution in [3.8, 4) is 12.1 Å². The summed E-state index contributed by atoms with van der Waals surface area (Å²) in [5.41, 5.74) is 11.7. The molecule has 0 aromatic carbocycles. The molecule has 0 amide bonds. The van der Waals surface area contributed by atoms with Crippen LogP contribution in [0.4, 0.5) is 11.5 Å². The first kappa shape index (κ1) is 10.3. The van der Waals surface area contributed by atoms with Crippen LogP contribution in [0.3, 0.4) is 0 Å². The Labute approximate surface area is 87.5 Å². The summed E-state index contributed by atoms with van der Waals surface area (Å²) in [7, 11) is 0. The number of hydrogen-bond donors (Lipinski definition) is 2. The summed E-state index contributed by atoms with van der Waals surface area (Å²) in [4.78, 5) is 3.99. The second-order valence-corrected chi connectivity index (χ2v) is 4.40. The van der Waals surface area contributed by atoms with E-state index in [2.05, 4.69) is 4.98 Å². The molecule has 0 bridgehead atoms. The number of rotatable bonds is 2. The maximum atomic E-state index is 8.81. The van der Waals surface area contributed by atoms with Gasteiger partial charge >= 0.3 is 87.1 Å². The summed E-state index contributed by atoms with van der Waals surface area (Å²) in [6, 6.07) is 5.42. The molecule has 1 aromatic rings. The van der Waals surface area contributed by atoms with E-state index in [0.29, 0.717) is 21.2 Å². The summed E-state index contributed by atoms with van der Waals surface area (Å²) >= 11 is -0.163. The van der Waals surface area contributed by atoms with Crippen molar-refractivity contribution in [3.63, 3.8) is 0 Å². The Bertz CT molecular complexity index is 429. The van der Waals surface area contributed by atoms with E-state index in [-0.39, 0.29) is 20.8 Å². The van der Waals surface area contributed by atoms with Gasteiger partial charge in [0.2, 0.25) is 0 Å². The van der Waals surface area contributed by atoms with Crippen LogP contribution in [0.15, 0.2) is 6.07 Å². The normalized spacial score (nSPS) is 9.00. The first-order valence-electron chi connectivity index (χ1n) is 3.65. The second-order valence-electron chi connectivity index (χ2n) is 2.38. The Balaban J connectivity index is 3.14. The molecule has 0 atom stereocenters. The molecule has 70 valence electrons. The van der Waals surface area contributed by atoms with Crippen LogP contribution in [0.1, 0.15) is 5.56 Å². The molecule has 5 nitrogen and oxygen atoms in total. The van der Waals surface area contributed by atoms with Crippen molar-refractivity contribution < 1.29 is 0 Å². The minimum atomic E-state index is -0.163. The first-order valence-corrected chi connectivity index (χ1v) is 5.71. The van der Waals surface area contributed by atoms with Crippen LogP contribution in [0.25, 0.3) is 0 Å².